The number of thioether (sulfide) groups is 1. The van der Waals surface area contributed by atoms with Gasteiger partial charge >= 0.3 is 6.18 Å². The van der Waals surface area contributed by atoms with Gasteiger partial charge in [0, 0.05) is 18.0 Å². The molecule has 0 aliphatic carbocycles. The molecule has 0 aromatic carbocycles. The summed E-state index contributed by atoms with van der Waals surface area (Å²) in [5, 5.41) is 3.98. The summed E-state index contributed by atoms with van der Waals surface area (Å²) in [7, 11) is 0. The van der Waals surface area contributed by atoms with E-state index in [0.29, 0.717) is 17.0 Å². The van der Waals surface area contributed by atoms with Crippen molar-refractivity contribution in [3.05, 3.63) is 23.9 Å². The quantitative estimate of drug-likeness (QED) is 0.807. The predicted octanol–water partition coefficient (Wildman–Crippen LogP) is 3.83. The first-order chi connectivity index (χ1) is 8.84. The molecule has 0 aliphatic heterocycles. The maximum Gasteiger partial charge on any atom is 0.417 e. The molecule has 1 aromatic heterocycles. The molecular weight excluding hydrogens is 273 g/mol. The molecule has 1 N–H and O–H groups in total. The molecule has 0 fully saturated rings. The Labute approximate surface area is 116 Å². The normalized spacial score (nSPS) is 13.8. The van der Waals surface area contributed by atoms with Crippen LogP contribution in [0.25, 0.3) is 0 Å². The SMILES string of the molecule is CCNC(CSc1ccc(C(F)(F)F)cn1)C(C)C. The fourth-order valence-electron chi connectivity index (χ4n) is 1.56. The summed E-state index contributed by atoms with van der Waals surface area (Å²) in [6.07, 6.45) is -3.43. The average molecular weight is 292 g/mol. The van der Waals surface area contributed by atoms with Crippen molar-refractivity contribution in [1.29, 1.82) is 0 Å². The number of aromatic nitrogens is 1. The van der Waals surface area contributed by atoms with Crippen LogP contribution >= 0.6 is 11.8 Å². The van der Waals surface area contributed by atoms with E-state index in [2.05, 4.69) is 24.1 Å². The molecule has 1 aromatic rings. The van der Waals surface area contributed by atoms with Crippen molar-refractivity contribution in [3.63, 3.8) is 0 Å². The van der Waals surface area contributed by atoms with Crippen molar-refractivity contribution in [1.82, 2.24) is 10.3 Å². The van der Waals surface area contributed by atoms with E-state index in [0.717, 1.165) is 24.6 Å². The van der Waals surface area contributed by atoms with Crippen LogP contribution in [0.4, 0.5) is 13.2 Å². The second kappa shape index (κ2) is 7.14. The molecule has 6 heteroatoms. The number of rotatable bonds is 6. The first-order valence-electron chi connectivity index (χ1n) is 6.24. The Morgan fingerprint density at radius 3 is 2.42 bits per heavy atom. The molecule has 0 amide bonds. The lowest BCUT2D eigenvalue weighted by atomic mass is 10.1. The molecule has 0 saturated heterocycles. The number of pyridine rings is 1. The summed E-state index contributed by atoms with van der Waals surface area (Å²) in [5.41, 5.74) is -0.705. The molecule has 2 nitrogen and oxygen atoms in total. The Kier molecular flexibility index (Phi) is 6.13. The molecule has 0 radical (unpaired) electrons. The molecular formula is C13H19F3N2S. The van der Waals surface area contributed by atoms with Gasteiger partial charge in [0.05, 0.1) is 10.6 Å². The van der Waals surface area contributed by atoms with Gasteiger partial charge in [0.25, 0.3) is 0 Å². The Hall–Kier alpha value is -0.750. The van der Waals surface area contributed by atoms with Gasteiger partial charge in [0.1, 0.15) is 0 Å². The monoisotopic (exact) mass is 292 g/mol. The maximum absolute atomic E-state index is 12.4. The van der Waals surface area contributed by atoms with Crippen molar-refractivity contribution in [2.75, 3.05) is 12.3 Å². The van der Waals surface area contributed by atoms with Crippen LogP contribution in [0, 0.1) is 5.92 Å². The Morgan fingerprint density at radius 1 is 1.32 bits per heavy atom. The zero-order chi connectivity index (χ0) is 14.5. The first kappa shape index (κ1) is 16.3. The summed E-state index contributed by atoms with van der Waals surface area (Å²) in [4.78, 5) is 3.85. The molecule has 0 spiro atoms. The molecule has 19 heavy (non-hydrogen) atoms. The Balaban J connectivity index is 2.58. The lowest BCUT2D eigenvalue weighted by molar-refractivity contribution is -0.137. The highest BCUT2D eigenvalue weighted by Crippen LogP contribution is 2.29. The zero-order valence-electron chi connectivity index (χ0n) is 11.3. The van der Waals surface area contributed by atoms with Gasteiger partial charge in [-0.2, -0.15) is 13.2 Å². The number of nitrogens with zero attached hydrogens (tertiary/aromatic N) is 1. The minimum absolute atomic E-state index is 0.332. The second-order valence-corrected chi connectivity index (χ2v) is 5.64. The van der Waals surface area contributed by atoms with Gasteiger partial charge in [-0.25, -0.2) is 4.98 Å². The molecule has 1 atom stereocenters. The van der Waals surface area contributed by atoms with Gasteiger partial charge in [-0.15, -0.1) is 11.8 Å². The summed E-state index contributed by atoms with van der Waals surface area (Å²) in [6.45, 7) is 7.16. The highest BCUT2D eigenvalue weighted by molar-refractivity contribution is 7.99. The number of halogens is 3. The minimum atomic E-state index is -4.32. The predicted molar refractivity (Wildman–Crippen MR) is 72.3 cm³/mol. The Morgan fingerprint density at radius 2 is 2.00 bits per heavy atom. The largest absolute Gasteiger partial charge is 0.417 e. The number of hydrogen-bond donors (Lipinski definition) is 1. The van der Waals surface area contributed by atoms with Crippen molar-refractivity contribution in [2.45, 2.75) is 38.0 Å². The van der Waals surface area contributed by atoms with E-state index >= 15 is 0 Å². The first-order valence-corrected chi connectivity index (χ1v) is 7.22. The highest BCUT2D eigenvalue weighted by atomic mass is 32.2. The van der Waals surface area contributed by atoms with Crippen LogP contribution in [0.1, 0.15) is 26.3 Å². The van der Waals surface area contributed by atoms with E-state index in [1.165, 1.54) is 17.8 Å². The topological polar surface area (TPSA) is 24.9 Å². The zero-order valence-corrected chi connectivity index (χ0v) is 12.1. The molecule has 0 bridgehead atoms. The van der Waals surface area contributed by atoms with Crippen molar-refractivity contribution >= 4 is 11.8 Å². The number of nitrogens with one attached hydrogen (secondary N) is 1. The Bertz CT molecular complexity index is 376. The van der Waals surface area contributed by atoms with Gasteiger partial charge in [-0.3, -0.25) is 0 Å². The van der Waals surface area contributed by atoms with Gasteiger partial charge in [-0.1, -0.05) is 20.8 Å². The van der Waals surface area contributed by atoms with E-state index in [1.807, 2.05) is 6.92 Å². The highest BCUT2D eigenvalue weighted by Gasteiger charge is 2.30. The van der Waals surface area contributed by atoms with Crippen molar-refractivity contribution in [2.24, 2.45) is 5.92 Å². The van der Waals surface area contributed by atoms with Gasteiger partial charge < -0.3 is 5.32 Å². The molecule has 1 rings (SSSR count). The molecule has 0 saturated carbocycles. The summed E-state index contributed by atoms with van der Waals surface area (Å²) in [6, 6.07) is 2.84. The van der Waals surface area contributed by atoms with Crippen LogP contribution in [-0.4, -0.2) is 23.3 Å². The molecule has 1 unspecified atom stereocenters. The van der Waals surface area contributed by atoms with Crippen LogP contribution in [-0.2, 0) is 6.18 Å². The summed E-state index contributed by atoms with van der Waals surface area (Å²) in [5.74, 6) is 1.27. The van der Waals surface area contributed by atoms with E-state index in [4.69, 9.17) is 0 Å². The average Bonchev–Trinajstić information content (AvgIpc) is 2.33. The maximum atomic E-state index is 12.4. The van der Waals surface area contributed by atoms with Crippen molar-refractivity contribution < 1.29 is 13.2 Å². The van der Waals surface area contributed by atoms with Crippen LogP contribution in [0.15, 0.2) is 23.4 Å². The third kappa shape index (κ3) is 5.40. The second-order valence-electron chi connectivity index (χ2n) is 4.60. The van der Waals surface area contributed by atoms with E-state index in [-0.39, 0.29) is 0 Å². The lowest BCUT2D eigenvalue weighted by Gasteiger charge is -2.21. The van der Waals surface area contributed by atoms with Gasteiger partial charge in [0.2, 0.25) is 0 Å². The number of hydrogen-bond acceptors (Lipinski definition) is 3. The number of alkyl halides is 3. The van der Waals surface area contributed by atoms with Crippen molar-refractivity contribution in [3.8, 4) is 0 Å². The molecule has 0 aliphatic rings. The van der Waals surface area contributed by atoms with E-state index < -0.39 is 11.7 Å². The van der Waals surface area contributed by atoms with Crippen LogP contribution in [0.3, 0.4) is 0 Å². The standard InChI is InChI=1S/C13H19F3N2S/c1-4-17-11(9(2)3)8-19-12-6-5-10(7-18-12)13(14,15)16/h5-7,9,11,17H,4,8H2,1-3H3. The summed E-state index contributed by atoms with van der Waals surface area (Å²) < 4.78 is 37.1. The summed E-state index contributed by atoms with van der Waals surface area (Å²) >= 11 is 1.48. The smallest absolute Gasteiger partial charge is 0.313 e. The van der Waals surface area contributed by atoms with E-state index in [9.17, 15) is 13.2 Å². The van der Waals surface area contributed by atoms with Crippen LogP contribution in [0.5, 0.6) is 0 Å². The molecule has 1 heterocycles. The van der Waals surface area contributed by atoms with Gasteiger partial charge in [0.15, 0.2) is 0 Å². The van der Waals surface area contributed by atoms with Crippen LogP contribution < -0.4 is 5.32 Å². The minimum Gasteiger partial charge on any atom is -0.313 e. The lowest BCUT2D eigenvalue weighted by Crippen LogP contribution is -2.35. The third-order valence-electron chi connectivity index (χ3n) is 2.75. The van der Waals surface area contributed by atoms with Gasteiger partial charge in [-0.05, 0) is 24.6 Å². The third-order valence-corrected chi connectivity index (χ3v) is 3.81. The van der Waals surface area contributed by atoms with E-state index in [1.54, 1.807) is 0 Å². The fourth-order valence-corrected chi connectivity index (χ4v) is 2.70. The molecule has 108 valence electrons. The van der Waals surface area contributed by atoms with Crippen LogP contribution in [0.2, 0.25) is 0 Å². The fraction of sp³-hybridized carbons (Fsp3) is 0.615.